The van der Waals surface area contributed by atoms with Crippen molar-refractivity contribution in [3.05, 3.63) is 78.1 Å². The molecule has 0 amide bonds. The summed E-state index contributed by atoms with van der Waals surface area (Å²) in [7, 11) is 4.06. The number of pyridine rings is 1. The highest BCUT2D eigenvalue weighted by atomic mass is 15.1. The summed E-state index contributed by atoms with van der Waals surface area (Å²) in [6.45, 7) is 6.96. The van der Waals surface area contributed by atoms with Gasteiger partial charge in [0.2, 0.25) is 0 Å². The van der Waals surface area contributed by atoms with Gasteiger partial charge in [-0.2, -0.15) is 0 Å². The summed E-state index contributed by atoms with van der Waals surface area (Å²) in [5, 5.41) is 4.34. The van der Waals surface area contributed by atoms with Crippen molar-refractivity contribution in [3.63, 3.8) is 0 Å². The third kappa shape index (κ3) is 3.53. The molecule has 1 N–H and O–H groups in total. The lowest BCUT2D eigenvalue weighted by molar-refractivity contribution is 0.370. The third-order valence-electron chi connectivity index (χ3n) is 5.38. The van der Waals surface area contributed by atoms with Crippen LogP contribution in [0.1, 0.15) is 23.1 Å². The van der Waals surface area contributed by atoms with Crippen LogP contribution in [0.4, 0.5) is 0 Å². The minimum absolute atomic E-state index is 0.814. The second-order valence-corrected chi connectivity index (χ2v) is 7.21. The molecule has 0 unspecified atom stereocenters. The molecule has 4 rings (SSSR count). The standard InChI is InChI=1S/C23H26N4/c1-17(24-2)19-6-4-18(5-7-19)16-27-15-11-22-21(8-12-25-23(22)27)20-9-13-26(3)14-10-20/h4-9,11-12,15,24H,1,10,13-14,16H2,2-3H3. The lowest BCUT2D eigenvalue weighted by Crippen LogP contribution is -2.23. The topological polar surface area (TPSA) is 33.1 Å². The first-order chi connectivity index (χ1) is 13.2. The van der Waals surface area contributed by atoms with Crippen LogP contribution in [0.3, 0.4) is 0 Å². The van der Waals surface area contributed by atoms with Gasteiger partial charge in [0.05, 0.1) is 0 Å². The molecule has 0 saturated carbocycles. The third-order valence-corrected chi connectivity index (χ3v) is 5.38. The van der Waals surface area contributed by atoms with Gasteiger partial charge in [-0.15, -0.1) is 0 Å². The monoisotopic (exact) mass is 358 g/mol. The first kappa shape index (κ1) is 17.6. The van der Waals surface area contributed by atoms with E-state index in [0.717, 1.165) is 43.0 Å². The molecule has 138 valence electrons. The maximum Gasteiger partial charge on any atom is 0.140 e. The highest BCUT2D eigenvalue weighted by molar-refractivity contribution is 5.90. The average Bonchev–Trinajstić information content (AvgIpc) is 3.11. The van der Waals surface area contributed by atoms with E-state index in [1.807, 2.05) is 13.2 Å². The van der Waals surface area contributed by atoms with E-state index in [9.17, 15) is 0 Å². The Morgan fingerprint density at radius 1 is 1.19 bits per heavy atom. The molecule has 27 heavy (non-hydrogen) atoms. The number of hydrogen-bond acceptors (Lipinski definition) is 3. The van der Waals surface area contributed by atoms with Gasteiger partial charge >= 0.3 is 0 Å². The summed E-state index contributed by atoms with van der Waals surface area (Å²) < 4.78 is 2.23. The molecule has 3 aromatic rings. The molecule has 0 atom stereocenters. The minimum atomic E-state index is 0.814. The fourth-order valence-corrected chi connectivity index (χ4v) is 3.67. The lowest BCUT2D eigenvalue weighted by Gasteiger charge is -2.22. The molecule has 1 aromatic carbocycles. The molecule has 0 saturated heterocycles. The Balaban J connectivity index is 1.62. The van der Waals surface area contributed by atoms with E-state index in [-0.39, 0.29) is 0 Å². The fraction of sp³-hybridized carbons (Fsp3) is 0.261. The number of nitrogens with zero attached hydrogens (tertiary/aromatic N) is 3. The van der Waals surface area contributed by atoms with Gasteiger partial charge in [0.15, 0.2) is 0 Å². The summed E-state index contributed by atoms with van der Waals surface area (Å²) in [6, 6.07) is 12.9. The van der Waals surface area contributed by atoms with E-state index in [1.165, 1.54) is 22.1 Å². The zero-order valence-electron chi connectivity index (χ0n) is 16.1. The van der Waals surface area contributed by atoms with Crippen LogP contribution in [-0.2, 0) is 6.54 Å². The molecule has 1 aliphatic rings. The molecular formula is C23H26N4. The van der Waals surface area contributed by atoms with Gasteiger partial charge in [-0.25, -0.2) is 4.98 Å². The Hall–Kier alpha value is -2.85. The molecule has 1 aliphatic heterocycles. The highest BCUT2D eigenvalue weighted by Gasteiger charge is 2.14. The number of nitrogens with one attached hydrogen (secondary N) is 1. The zero-order valence-corrected chi connectivity index (χ0v) is 16.1. The Labute approximate surface area is 160 Å². The Morgan fingerprint density at radius 3 is 2.70 bits per heavy atom. The Bertz CT molecular complexity index is 995. The van der Waals surface area contributed by atoms with E-state index in [0.29, 0.717) is 0 Å². The van der Waals surface area contributed by atoms with Gasteiger partial charge in [-0.05, 0) is 47.9 Å². The molecule has 0 fully saturated rings. The van der Waals surface area contributed by atoms with E-state index in [4.69, 9.17) is 0 Å². The molecule has 4 nitrogen and oxygen atoms in total. The van der Waals surface area contributed by atoms with Gasteiger partial charge in [0.25, 0.3) is 0 Å². The zero-order chi connectivity index (χ0) is 18.8. The number of aromatic nitrogens is 2. The van der Waals surface area contributed by atoms with Crippen molar-refractivity contribution in [2.75, 3.05) is 27.2 Å². The van der Waals surface area contributed by atoms with Crippen LogP contribution in [0.2, 0.25) is 0 Å². The van der Waals surface area contributed by atoms with E-state index in [1.54, 1.807) is 0 Å². The molecule has 0 bridgehead atoms. The highest BCUT2D eigenvalue weighted by Crippen LogP contribution is 2.29. The van der Waals surface area contributed by atoms with Crippen molar-refractivity contribution in [1.29, 1.82) is 0 Å². The second-order valence-electron chi connectivity index (χ2n) is 7.21. The smallest absolute Gasteiger partial charge is 0.140 e. The molecule has 3 heterocycles. The number of likely N-dealkylation sites (N-methyl/N-ethyl adjacent to an activating group) is 1. The van der Waals surface area contributed by atoms with Crippen LogP contribution in [0.5, 0.6) is 0 Å². The molecule has 4 heteroatoms. The SMILES string of the molecule is C=C(NC)c1ccc(Cn2ccc3c(C4=CCN(C)CC4)ccnc32)cc1. The van der Waals surface area contributed by atoms with Crippen LogP contribution in [0.15, 0.2) is 61.4 Å². The average molecular weight is 358 g/mol. The van der Waals surface area contributed by atoms with Crippen molar-refractivity contribution in [2.45, 2.75) is 13.0 Å². The van der Waals surface area contributed by atoms with Crippen LogP contribution in [-0.4, -0.2) is 41.6 Å². The van der Waals surface area contributed by atoms with Crippen molar-refractivity contribution in [2.24, 2.45) is 0 Å². The van der Waals surface area contributed by atoms with Crippen LogP contribution in [0, 0.1) is 0 Å². The second kappa shape index (κ2) is 7.41. The molecule has 2 aromatic heterocycles. The molecule has 0 radical (unpaired) electrons. The van der Waals surface area contributed by atoms with Crippen LogP contribution in [0.25, 0.3) is 22.3 Å². The van der Waals surface area contributed by atoms with Gasteiger partial charge in [-0.3, -0.25) is 0 Å². The van der Waals surface area contributed by atoms with E-state index < -0.39 is 0 Å². The van der Waals surface area contributed by atoms with Crippen molar-refractivity contribution < 1.29 is 0 Å². The number of fused-ring (bicyclic) bond motifs is 1. The van der Waals surface area contributed by atoms with Gasteiger partial charge in [0, 0.05) is 50.2 Å². The molecule has 0 aliphatic carbocycles. The quantitative estimate of drug-likeness (QED) is 0.748. The molecule has 0 spiro atoms. The Morgan fingerprint density at radius 2 is 2.00 bits per heavy atom. The van der Waals surface area contributed by atoms with Gasteiger partial charge < -0.3 is 14.8 Å². The van der Waals surface area contributed by atoms with Gasteiger partial charge in [0.1, 0.15) is 5.65 Å². The Kier molecular flexibility index (Phi) is 4.82. The summed E-state index contributed by atoms with van der Waals surface area (Å²) in [4.78, 5) is 7.01. The normalized spacial score (nSPS) is 15.0. The van der Waals surface area contributed by atoms with Crippen molar-refractivity contribution >= 4 is 22.3 Å². The number of benzene rings is 1. The van der Waals surface area contributed by atoms with E-state index in [2.05, 4.69) is 82.1 Å². The minimum Gasteiger partial charge on any atom is -0.388 e. The number of rotatable bonds is 5. The van der Waals surface area contributed by atoms with Crippen LogP contribution < -0.4 is 5.32 Å². The first-order valence-corrected chi connectivity index (χ1v) is 9.43. The van der Waals surface area contributed by atoms with Gasteiger partial charge in [-0.1, -0.05) is 36.9 Å². The molecular weight excluding hydrogens is 332 g/mol. The predicted molar refractivity (Wildman–Crippen MR) is 113 cm³/mol. The van der Waals surface area contributed by atoms with Crippen LogP contribution >= 0.6 is 0 Å². The summed E-state index contributed by atoms with van der Waals surface area (Å²) in [5.41, 5.74) is 7.13. The maximum atomic E-state index is 4.67. The summed E-state index contributed by atoms with van der Waals surface area (Å²) in [6.07, 6.45) is 7.53. The van der Waals surface area contributed by atoms with E-state index >= 15 is 0 Å². The first-order valence-electron chi connectivity index (χ1n) is 9.43. The summed E-state index contributed by atoms with van der Waals surface area (Å²) in [5.74, 6) is 0. The predicted octanol–water partition coefficient (Wildman–Crippen LogP) is 3.99. The largest absolute Gasteiger partial charge is 0.388 e. The lowest BCUT2D eigenvalue weighted by atomic mass is 9.98. The van der Waals surface area contributed by atoms with Crippen molar-refractivity contribution in [3.8, 4) is 0 Å². The summed E-state index contributed by atoms with van der Waals surface area (Å²) >= 11 is 0. The fourth-order valence-electron chi connectivity index (χ4n) is 3.67. The number of hydrogen-bond donors (Lipinski definition) is 1. The maximum absolute atomic E-state index is 4.67. The van der Waals surface area contributed by atoms with Crippen molar-refractivity contribution in [1.82, 2.24) is 19.8 Å².